The lowest BCUT2D eigenvalue weighted by atomic mass is 10.2. The van der Waals surface area contributed by atoms with Gasteiger partial charge < -0.3 is 11.1 Å². The van der Waals surface area contributed by atoms with Crippen LogP contribution >= 0.6 is 0 Å². The van der Waals surface area contributed by atoms with E-state index in [2.05, 4.69) is 15.5 Å². The summed E-state index contributed by atoms with van der Waals surface area (Å²) in [6, 6.07) is 6.46. The minimum absolute atomic E-state index is 0.129. The molecule has 0 aliphatic heterocycles. The van der Waals surface area contributed by atoms with Crippen LogP contribution in [0.15, 0.2) is 30.5 Å². The van der Waals surface area contributed by atoms with Crippen LogP contribution in [-0.2, 0) is 11.3 Å². The third kappa shape index (κ3) is 4.16. The van der Waals surface area contributed by atoms with E-state index < -0.39 is 5.91 Å². The number of rotatable bonds is 6. The van der Waals surface area contributed by atoms with Crippen LogP contribution in [0.3, 0.4) is 0 Å². The number of nitrogens with one attached hydrogen (secondary N) is 2. The Morgan fingerprint density at radius 2 is 2.00 bits per heavy atom. The summed E-state index contributed by atoms with van der Waals surface area (Å²) < 4.78 is 0. The number of amides is 2. The molecule has 0 aliphatic rings. The standard InChI is InChI=1S/C15H19N5O2/c1-10-12(7-17-19-10)8-20(2)9-14(21)18-13-5-3-11(4-6-13)15(16)22/h3-7H,8-9H2,1-2H3,(H2,16,22)(H,17,19)(H,18,21). The SMILES string of the molecule is Cc1[nH]ncc1CN(C)CC(=O)Nc1ccc(C(N)=O)cc1. The van der Waals surface area contributed by atoms with Crippen LogP contribution in [0, 0.1) is 6.92 Å². The number of nitrogens with two attached hydrogens (primary N) is 1. The molecule has 1 aromatic carbocycles. The second-order valence-corrected chi connectivity index (χ2v) is 5.18. The molecule has 22 heavy (non-hydrogen) atoms. The fourth-order valence-corrected chi connectivity index (χ4v) is 2.05. The van der Waals surface area contributed by atoms with Gasteiger partial charge in [-0.3, -0.25) is 19.6 Å². The fourth-order valence-electron chi connectivity index (χ4n) is 2.05. The summed E-state index contributed by atoms with van der Waals surface area (Å²) in [7, 11) is 1.86. The molecule has 7 nitrogen and oxygen atoms in total. The van der Waals surface area contributed by atoms with Gasteiger partial charge in [0.15, 0.2) is 0 Å². The van der Waals surface area contributed by atoms with Crippen LogP contribution in [-0.4, -0.2) is 40.5 Å². The molecule has 0 fully saturated rings. The van der Waals surface area contributed by atoms with Crippen molar-refractivity contribution in [2.45, 2.75) is 13.5 Å². The van der Waals surface area contributed by atoms with E-state index in [1.165, 1.54) is 0 Å². The van der Waals surface area contributed by atoms with E-state index in [1.807, 2.05) is 18.9 Å². The third-order valence-corrected chi connectivity index (χ3v) is 3.24. The number of H-pyrrole nitrogens is 1. The fraction of sp³-hybridized carbons (Fsp3) is 0.267. The first-order valence-corrected chi connectivity index (χ1v) is 6.83. The van der Waals surface area contributed by atoms with Crippen LogP contribution in [0.4, 0.5) is 5.69 Å². The molecule has 0 spiro atoms. The number of nitrogens with zero attached hydrogens (tertiary/aromatic N) is 2. The maximum atomic E-state index is 12.0. The molecule has 116 valence electrons. The van der Waals surface area contributed by atoms with E-state index in [0.717, 1.165) is 11.3 Å². The molecule has 0 unspecified atom stereocenters. The van der Waals surface area contributed by atoms with Crippen LogP contribution in [0.25, 0.3) is 0 Å². The van der Waals surface area contributed by atoms with E-state index in [4.69, 9.17) is 5.73 Å². The number of anilines is 1. The lowest BCUT2D eigenvalue weighted by Gasteiger charge is -2.16. The first-order valence-electron chi connectivity index (χ1n) is 6.83. The van der Waals surface area contributed by atoms with Crippen molar-refractivity contribution in [1.82, 2.24) is 15.1 Å². The molecule has 2 aromatic rings. The summed E-state index contributed by atoms with van der Waals surface area (Å²) in [5.74, 6) is -0.622. The second-order valence-electron chi connectivity index (χ2n) is 5.18. The van der Waals surface area contributed by atoms with Crippen molar-refractivity contribution in [2.75, 3.05) is 18.9 Å². The number of aromatic nitrogens is 2. The highest BCUT2D eigenvalue weighted by molar-refractivity contribution is 5.95. The molecule has 0 radical (unpaired) electrons. The van der Waals surface area contributed by atoms with Crippen molar-refractivity contribution in [2.24, 2.45) is 5.73 Å². The molecule has 0 saturated heterocycles. The number of aryl methyl sites for hydroxylation is 1. The monoisotopic (exact) mass is 301 g/mol. The van der Waals surface area contributed by atoms with Gasteiger partial charge in [0.2, 0.25) is 11.8 Å². The first-order chi connectivity index (χ1) is 10.5. The highest BCUT2D eigenvalue weighted by atomic mass is 16.2. The number of benzene rings is 1. The second kappa shape index (κ2) is 6.86. The van der Waals surface area contributed by atoms with Gasteiger partial charge in [0.05, 0.1) is 12.7 Å². The van der Waals surface area contributed by atoms with Gasteiger partial charge in [0.25, 0.3) is 0 Å². The van der Waals surface area contributed by atoms with Crippen LogP contribution < -0.4 is 11.1 Å². The average molecular weight is 301 g/mol. The molecule has 0 bridgehead atoms. The largest absolute Gasteiger partial charge is 0.366 e. The lowest BCUT2D eigenvalue weighted by molar-refractivity contribution is -0.117. The van der Waals surface area contributed by atoms with Crippen molar-refractivity contribution in [3.05, 3.63) is 47.3 Å². The van der Waals surface area contributed by atoms with Gasteiger partial charge in [0, 0.05) is 29.1 Å². The molecule has 0 aliphatic carbocycles. The van der Waals surface area contributed by atoms with Gasteiger partial charge in [-0.1, -0.05) is 0 Å². The Balaban J connectivity index is 1.87. The summed E-state index contributed by atoms with van der Waals surface area (Å²) in [5.41, 5.74) is 8.25. The number of primary amides is 1. The maximum absolute atomic E-state index is 12.0. The molecule has 1 heterocycles. The van der Waals surface area contributed by atoms with E-state index >= 15 is 0 Å². The van der Waals surface area contributed by atoms with Crippen molar-refractivity contribution in [1.29, 1.82) is 0 Å². The molecule has 2 rings (SSSR count). The number of hydrogen-bond donors (Lipinski definition) is 3. The van der Waals surface area contributed by atoms with Gasteiger partial charge in [-0.25, -0.2) is 0 Å². The molecule has 0 atom stereocenters. The number of carbonyl (C=O) groups is 2. The Kier molecular flexibility index (Phi) is 4.90. The summed E-state index contributed by atoms with van der Waals surface area (Å²) in [5, 5.41) is 9.60. The zero-order chi connectivity index (χ0) is 16.1. The summed E-state index contributed by atoms with van der Waals surface area (Å²) >= 11 is 0. The molecule has 1 aromatic heterocycles. The molecule has 2 amide bonds. The molecule has 0 saturated carbocycles. The Morgan fingerprint density at radius 3 is 2.55 bits per heavy atom. The van der Waals surface area contributed by atoms with Gasteiger partial charge >= 0.3 is 0 Å². The summed E-state index contributed by atoms with van der Waals surface area (Å²) in [6.07, 6.45) is 1.76. The van der Waals surface area contributed by atoms with Crippen LogP contribution in [0.5, 0.6) is 0 Å². The number of aromatic amines is 1. The average Bonchev–Trinajstić information content (AvgIpc) is 2.84. The number of hydrogen-bond acceptors (Lipinski definition) is 4. The summed E-state index contributed by atoms with van der Waals surface area (Å²) in [6.45, 7) is 2.83. The number of likely N-dealkylation sites (N-methyl/N-ethyl adjacent to an activating group) is 1. The van der Waals surface area contributed by atoms with Crippen LogP contribution in [0.2, 0.25) is 0 Å². The Hall–Kier alpha value is -2.67. The molecular formula is C15H19N5O2. The predicted octanol–water partition coefficient (Wildman–Crippen LogP) is 0.888. The summed E-state index contributed by atoms with van der Waals surface area (Å²) in [4.78, 5) is 24.9. The Labute approximate surface area is 128 Å². The zero-order valence-corrected chi connectivity index (χ0v) is 12.6. The minimum atomic E-state index is -0.493. The molecular weight excluding hydrogens is 282 g/mol. The van der Waals surface area contributed by atoms with E-state index in [9.17, 15) is 9.59 Å². The van der Waals surface area contributed by atoms with Gasteiger partial charge in [-0.15, -0.1) is 0 Å². The Morgan fingerprint density at radius 1 is 1.32 bits per heavy atom. The number of carbonyl (C=O) groups excluding carboxylic acids is 2. The quantitative estimate of drug-likeness (QED) is 0.737. The normalized spacial score (nSPS) is 10.7. The van der Waals surface area contributed by atoms with Crippen molar-refractivity contribution < 1.29 is 9.59 Å². The minimum Gasteiger partial charge on any atom is -0.366 e. The zero-order valence-electron chi connectivity index (χ0n) is 12.6. The molecule has 7 heteroatoms. The van der Waals surface area contributed by atoms with E-state index in [-0.39, 0.29) is 12.5 Å². The smallest absolute Gasteiger partial charge is 0.248 e. The van der Waals surface area contributed by atoms with Crippen molar-refractivity contribution >= 4 is 17.5 Å². The first kappa shape index (κ1) is 15.7. The Bertz CT molecular complexity index is 663. The topological polar surface area (TPSA) is 104 Å². The predicted molar refractivity (Wildman–Crippen MR) is 83.2 cm³/mol. The third-order valence-electron chi connectivity index (χ3n) is 3.24. The van der Waals surface area contributed by atoms with Gasteiger partial charge in [-0.05, 0) is 38.2 Å². The van der Waals surface area contributed by atoms with E-state index in [1.54, 1.807) is 30.5 Å². The maximum Gasteiger partial charge on any atom is 0.248 e. The lowest BCUT2D eigenvalue weighted by Crippen LogP contribution is -2.29. The van der Waals surface area contributed by atoms with Crippen LogP contribution in [0.1, 0.15) is 21.6 Å². The highest BCUT2D eigenvalue weighted by Crippen LogP contribution is 2.10. The van der Waals surface area contributed by atoms with Gasteiger partial charge in [-0.2, -0.15) is 5.10 Å². The molecule has 4 N–H and O–H groups in total. The van der Waals surface area contributed by atoms with Crippen molar-refractivity contribution in [3.8, 4) is 0 Å². The van der Waals surface area contributed by atoms with Crippen molar-refractivity contribution in [3.63, 3.8) is 0 Å². The highest BCUT2D eigenvalue weighted by Gasteiger charge is 2.10. The van der Waals surface area contributed by atoms with E-state index in [0.29, 0.717) is 17.8 Å². The van der Waals surface area contributed by atoms with Gasteiger partial charge in [0.1, 0.15) is 0 Å².